The third kappa shape index (κ3) is 1.59. The molecule has 0 amide bonds. The molecule has 0 fully saturated rings. The number of hydrogen-bond donors (Lipinski definition) is 1. The van der Waals surface area contributed by atoms with E-state index in [0.717, 1.165) is 0 Å². The van der Waals surface area contributed by atoms with E-state index in [-0.39, 0.29) is 46.5 Å². The number of benzene rings is 1. The Hall–Kier alpha value is -1.11. The fourth-order valence-corrected chi connectivity index (χ4v) is 1.11. The van der Waals surface area contributed by atoms with E-state index in [4.69, 9.17) is 5.73 Å². The molecule has 14 heavy (non-hydrogen) atoms. The quantitative estimate of drug-likeness (QED) is 0.360. The van der Waals surface area contributed by atoms with E-state index in [0.29, 0.717) is 9.27 Å². The second-order valence-electron chi connectivity index (χ2n) is 2.51. The van der Waals surface area contributed by atoms with Crippen molar-refractivity contribution in [1.29, 1.82) is 0 Å². The molecule has 0 atom stereocenters. The summed E-state index contributed by atoms with van der Waals surface area (Å²) in [6.45, 7) is 0. The van der Waals surface area contributed by atoms with Crippen LogP contribution in [0, 0.1) is 10.1 Å². The number of hydrogen-bond acceptors (Lipinski definition) is 4. The van der Waals surface area contributed by atoms with Crippen LogP contribution in [-0.4, -0.2) is 9.83 Å². The molecular weight excluding hydrogens is 195 g/mol. The third-order valence-electron chi connectivity index (χ3n) is 1.71. The SMILES string of the molecule is Nc1n[n+](=O)c2ccccc2n1[O-].[Na+]. The van der Waals surface area contributed by atoms with Crippen LogP contribution in [0.25, 0.3) is 11.0 Å². The molecule has 1 aromatic carbocycles. The van der Waals surface area contributed by atoms with Crippen molar-refractivity contribution in [3.05, 3.63) is 34.4 Å². The van der Waals surface area contributed by atoms with Crippen LogP contribution in [0.1, 0.15) is 0 Å². The molecular formula is C7H6N4NaO2+. The Morgan fingerprint density at radius 3 is 2.79 bits per heavy atom. The monoisotopic (exact) mass is 201 g/mol. The van der Waals surface area contributed by atoms with Crippen LogP contribution in [0.4, 0.5) is 5.95 Å². The Morgan fingerprint density at radius 1 is 1.43 bits per heavy atom. The summed E-state index contributed by atoms with van der Waals surface area (Å²) in [5.74, 6) is -0.353. The smallest absolute Gasteiger partial charge is 0.803 e. The van der Waals surface area contributed by atoms with Gasteiger partial charge in [0.05, 0.1) is 10.0 Å². The Balaban J connectivity index is 0.000000980. The van der Waals surface area contributed by atoms with Gasteiger partial charge < -0.3 is 15.7 Å². The molecule has 0 unspecified atom stereocenters. The van der Waals surface area contributed by atoms with Gasteiger partial charge in [-0.2, -0.15) is 0 Å². The van der Waals surface area contributed by atoms with Crippen LogP contribution in [-0.2, 0) is 0 Å². The van der Waals surface area contributed by atoms with E-state index in [2.05, 4.69) is 5.10 Å². The maximum absolute atomic E-state index is 11.3. The van der Waals surface area contributed by atoms with Crippen molar-refractivity contribution in [3.8, 4) is 0 Å². The zero-order valence-corrected chi connectivity index (χ0v) is 9.54. The average Bonchev–Trinajstić information content (AvgIpc) is 2.15. The summed E-state index contributed by atoms with van der Waals surface area (Å²) in [4.78, 5) is 11.1. The zero-order chi connectivity index (χ0) is 9.42. The van der Waals surface area contributed by atoms with Gasteiger partial charge in [0.25, 0.3) is 5.95 Å². The summed E-state index contributed by atoms with van der Waals surface area (Å²) >= 11 is 0. The molecule has 0 aliphatic rings. The average molecular weight is 201 g/mol. The summed E-state index contributed by atoms with van der Waals surface area (Å²) in [5, 5.41) is 14.5. The number of anilines is 1. The van der Waals surface area contributed by atoms with Gasteiger partial charge in [-0.1, -0.05) is 12.1 Å². The van der Waals surface area contributed by atoms with E-state index < -0.39 is 0 Å². The summed E-state index contributed by atoms with van der Waals surface area (Å²) in [6.07, 6.45) is 0. The summed E-state index contributed by atoms with van der Waals surface area (Å²) < 4.78 is 0.753. The van der Waals surface area contributed by atoms with Gasteiger partial charge in [0.1, 0.15) is 5.52 Å². The molecule has 2 rings (SSSR count). The second kappa shape index (κ2) is 3.95. The van der Waals surface area contributed by atoms with Gasteiger partial charge in [0.15, 0.2) is 4.54 Å². The van der Waals surface area contributed by atoms with Gasteiger partial charge in [0, 0.05) is 6.07 Å². The molecule has 2 N–H and O–H groups in total. The van der Waals surface area contributed by atoms with Gasteiger partial charge in [-0.3, -0.25) is 0 Å². The Bertz CT molecular complexity index is 525. The fraction of sp³-hybridized carbons (Fsp3) is 0. The molecule has 2 aromatic rings. The first-order valence-corrected chi connectivity index (χ1v) is 3.58. The third-order valence-corrected chi connectivity index (χ3v) is 1.71. The van der Waals surface area contributed by atoms with Crippen molar-refractivity contribution in [2.24, 2.45) is 0 Å². The molecule has 0 spiro atoms. The Morgan fingerprint density at radius 2 is 2.07 bits per heavy atom. The number of aromatic nitrogens is 3. The molecule has 1 heterocycles. The maximum atomic E-state index is 11.3. The van der Waals surface area contributed by atoms with Gasteiger partial charge in [0.2, 0.25) is 0 Å². The molecule has 66 valence electrons. The maximum Gasteiger partial charge on any atom is 1.00 e. The minimum absolute atomic E-state index is 0. The van der Waals surface area contributed by atoms with Crippen molar-refractivity contribution in [3.63, 3.8) is 0 Å². The number of fused-ring (bicyclic) bond motifs is 1. The number of rotatable bonds is 0. The van der Waals surface area contributed by atoms with Gasteiger partial charge >= 0.3 is 35.1 Å². The van der Waals surface area contributed by atoms with Crippen molar-refractivity contribution in [2.45, 2.75) is 0 Å². The minimum atomic E-state index is -0.353. The van der Waals surface area contributed by atoms with E-state index in [1.807, 2.05) is 0 Å². The van der Waals surface area contributed by atoms with Crippen LogP contribution < -0.4 is 39.8 Å². The van der Waals surface area contributed by atoms with Crippen molar-refractivity contribution >= 4 is 17.0 Å². The number of nitrogens with zero attached hydrogens (tertiary/aromatic N) is 3. The predicted octanol–water partition coefficient (Wildman–Crippen LogP) is -3.12. The Kier molecular flexibility index (Phi) is 3.10. The molecule has 0 radical (unpaired) electrons. The minimum Gasteiger partial charge on any atom is -0.803 e. The zero-order valence-electron chi connectivity index (χ0n) is 7.54. The van der Waals surface area contributed by atoms with E-state index in [9.17, 15) is 10.1 Å². The van der Waals surface area contributed by atoms with E-state index in [1.165, 1.54) is 12.1 Å². The molecule has 0 saturated carbocycles. The standard InChI is InChI=1S/C7H6N4O2.Na/c8-7-9-11(13)6-4-2-1-3-5(6)10(7)12;/h1-4H,(H2,8,9,13);/q;+1. The molecule has 0 bridgehead atoms. The van der Waals surface area contributed by atoms with E-state index >= 15 is 0 Å². The van der Waals surface area contributed by atoms with Crippen molar-refractivity contribution in [1.82, 2.24) is 9.83 Å². The number of nitrogen functional groups attached to an aromatic ring is 1. The number of para-hydroxylation sites is 2. The second-order valence-corrected chi connectivity index (χ2v) is 2.51. The Labute approximate surface area is 101 Å². The number of nitrogens with two attached hydrogens (primary N) is 1. The fourth-order valence-electron chi connectivity index (χ4n) is 1.11. The topological polar surface area (TPSA) is 89.9 Å². The van der Waals surface area contributed by atoms with Crippen molar-refractivity contribution in [2.75, 3.05) is 5.73 Å². The van der Waals surface area contributed by atoms with E-state index in [1.54, 1.807) is 12.1 Å². The normalized spacial score (nSPS) is 9.71. The van der Waals surface area contributed by atoms with Gasteiger partial charge in [-0.25, -0.2) is 0 Å². The van der Waals surface area contributed by atoms with Gasteiger partial charge in [-0.05, 0) is 6.07 Å². The largest absolute Gasteiger partial charge is 1.00 e. The van der Waals surface area contributed by atoms with Crippen LogP contribution in [0.3, 0.4) is 0 Å². The van der Waals surface area contributed by atoms with Gasteiger partial charge in [-0.15, -0.1) is 0 Å². The summed E-state index contributed by atoms with van der Waals surface area (Å²) in [7, 11) is 0. The molecule has 0 aliphatic carbocycles. The van der Waals surface area contributed by atoms with Crippen LogP contribution >= 0.6 is 0 Å². The molecule has 0 saturated heterocycles. The van der Waals surface area contributed by atoms with Crippen molar-refractivity contribution < 1.29 is 34.1 Å². The first-order chi connectivity index (χ1) is 6.20. The van der Waals surface area contributed by atoms with Crippen LogP contribution in [0.2, 0.25) is 0 Å². The first kappa shape index (κ1) is 11.0. The molecule has 0 aliphatic heterocycles. The molecule has 6 nitrogen and oxygen atoms in total. The molecule has 7 heteroatoms. The first-order valence-electron chi connectivity index (χ1n) is 3.58. The molecule has 1 aromatic heterocycles. The van der Waals surface area contributed by atoms with Crippen LogP contribution in [0.5, 0.6) is 0 Å². The summed E-state index contributed by atoms with van der Waals surface area (Å²) in [5.41, 5.74) is 5.62. The predicted molar refractivity (Wildman–Crippen MR) is 46.3 cm³/mol. The van der Waals surface area contributed by atoms with Crippen LogP contribution in [0.15, 0.2) is 24.3 Å². The summed E-state index contributed by atoms with van der Waals surface area (Å²) in [6, 6.07) is 6.31.